The summed E-state index contributed by atoms with van der Waals surface area (Å²) in [5.41, 5.74) is 3.93. The van der Waals surface area contributed by atoms with Gasteiger partial charge >= 0.3 is 0 Å². The molecule has 2 heteroatoms. The van der Waals surface area contributed by atoms with E-state index in [0.717, 1.165) is 12.2 Å². The minimum atomic E-state index is -0.438. The summed E-state index contributed by atoms with van der Waals surface area (Å²) in [5, 5.41) is 9.17. The van der Waals surface area contributed by atoms with Gasteiger partial charge in [-0.3, -0.25) is 0 Å². The highest BCUT2D eigenvalue weighted by Crippen LogP contribution is 2.17. The third kappa shape index (κ3) is 4.11. The molecule has 0 saturated carbocycles. The fourth-order valence-corrected chi connectivity index (χ4v) is 1.95. The first-order valence-corrected chi connectivity index (χ1v) is 6.59. The second-order valence-electron chi connectivity index (χ2n) is 4.91. The van der Waals surface area contributed by atoms with Crippen LogP contribution in [0.5, 0.6) is 5.75 Å². The van der Waals surface area contributed by atoms with Crippen molar-refractivity contribution < 1.29 is 9.84 Å². The van der Waals surface area contributed by atoms with Gasteiger partial charge in [-0.05, 0) is 49.1 Å². The van der Waals surface area contributed by atoms with Crippen LogP contribution in [0.15, 0.2) is 48.5 Å². The molecule has 0 aliphatic heterocycles. The van der Waals surface area contributed by atoms with Gasteiger partial charge < -0.3 is 9.84 Å². The Labute approximate surface area is 114 Å². The van der Waals surface area contributed by atoms with Crippen LogP contribution >= 0.6 is 0 Å². The first-order chi connectivity index (χ1) is 9.15. The SMILES string of the molecule is Cc1ccccc1Cc1ccc(OCC(C)O)cc1. The Balaban J connectivity index is 2.01. The fraction of sp³-hybridized carbons (Fsp3) is 0.294. The summed E-state index contributed by atoms with van der Waals surface area (Å²) >= 11 is 0. The topological polar surface area (TPSA) is 29.5 Å². The standard InChI is InChI=1S/C17H20O2/c1-13-5-3-4-6-16(13)11-15-7-9-17(10-8-15)19-12-14(2)18/h3-10,14,18H,11-12H2,1-2H3. The lowest BCUT2D eigenvalue weighted by molar-refractivity contribution is 0.122. The first kappa shape index (κ1) is 13.6. The van der Waals surface area contributed by atoms with Crippen LogP contribution in [0.1, 0.15) is 23.6 Å². The Hall–Kier alpha value is -1.80. The van der Waals surface area contributed by atoms with Crippen LogP contribution in [0.2, 0.25) is 0 Å². The maximum Gasteiger partial charge on any atom is 0.119 e. The smallest absolute Gasteiger partial charge is 0.119 e. The number of rotatable bonds is 5. The zero-order chi connectivity index (χ0) is 13.7. The van der Waals surface area contributed by atoms with E-state index in [1.165, 1.54) is 16.7 Å². The molecule has 0 heterocycles. The van der Waals surface area contributed by atoms with Crippen LogP contribution in [-0.2, 0) is 6.42 Å². The van der Waals surface area contributed by atoms with E-state index in [2.05, 4.69) is 43.3 Å². The molecular weight excluding hydrogens is 236 g/mol. The predicted octanol–water partition coefficient (Wildman–Crippen LogP) is 3.35. The number of aryl methyl sites for hydroxylation is 1. The predicted molar refractivity (Wildman–Crippen MR) is 77.6 cm³/mol. The summed E-state index contributed by atoms with van der Waals surface area (Å²) in [6.07, 6.45) is 0.496. The molecule has 1 atom stereocenters. The van der Waals surface area contributed by atoms with Gasteiger partial charge in [-0.15, -0.1) is 0 Å². The van der Waals surface area contributed by atoms with Crippen molar-refractivity contribution in [1.29, 1.82) is 0 Å². The summed E-state index contributed by atoms with van der Waals surface area (Å²) in [5.74, 6) is 0.800. The van der Waals surface area contributed by atoms with Crippen LogP contribution in [0.4, 0.5) is 0 Å². The molecule has 1 N–H and O–H groups in total. The summed E-state index contributed by atoms with van der Waals surface area (Å²) in [6, 6.07) is 16.5. The van der Waals surface area contributed by atoms with Crippen molar-refractivity contribution >= 4 is 0 Å². The van der Waals surface area contributed by atoms with Crippen molar-refractivity contribution in [2.24, 2.45) is 0 Å². The van der Waals surface area contributed by atoms with Gasteiger partial charge in [0.25, 0.3) is 0 Å². The molecule has 2 aromatic carbocycles. The van der Waals surface area contributed by atoms with Gasteiger partial charge in [0.05, 0.1) is 6.10 Å². The Bertz CT molecular complexity index is 515. The maximum absolute atomic E-state index is 9.17. The van der Waals surface area contributed by atoms with E-state index in [1.54, 1.807) is 6.92 Å². The number of hydrogen-bond acceptors (Lipinski definition) is 2. The quantitative estimate of drug-likeness (QED) is 0.889. The average molecular weight is 256 g/mol. The van der Waals surface area contributed by atoms with Gasteiger partial charge in [-0.25, -0.2) is 0 Å². The van der Waals surface area contributed by atoms with Crippen LogP contribution in [0.25, 0.3) is 0 Å². The molecule has 2 rings (SSSR count). The number of ether oxygens (including phenoxy) is 1. The van der Waals surface area contributed by atoms with Crippen LogP contribution in [0, 0.1) is 6.92 Å². The van der Waals surface area contributed by atoms with E-state index < -0.39 is 6.10 Å². The fourth-order valence-electron chi connectivity index (χ4n) is 1.95. The van der Waals surface area contributed by atoms with Crippen molar-refractivity contribution in [3.8, 4) is 5.75 Å². The van der Waals surface area contributed by atoms with Gasteiger partial charge in [0.15, 0.2) is 0 Å². The van der Waals surface area contributed by atoms with Crippen LogP contribution in [0.3, 0.4) is 0 Å². The minimum absolute atomic E-state index is 0.330. The molecule has 1 unspecified atom stereocenters. The highest BCUT2D eigenvalue weighted by atomic mass is 16.5. The van der Waals surface area contributed by atoms with Crippen molar-refractivity contribution in [2.45, 2.75) is 26.4 Å². The molecular formula is C17H20O2. The third-order valence-electron chi connectivity index (χ3n) is 3.07. The van der Waals surface area contributed by atoms with E-state index >= 15 is 0 Å². The zero-order valence-electron chi connectivity index (χ0n) is 11.5. The maximum atomic E-state index is 9.17. The van der Waals surface area contributed by atoms with E-state index in [9.17, 15) is 0 Å². The van der Waals surface area contributed by atoms with Crippen molar-refractivity contribution in [2.75, 3.05) is 6.61 Å². The molecule has 0 fully saturated rings. The molecule has 0 aromatic heterocycles. The monoisotopic (exact) mass is 256 g/mol. The van der Waals surface area contributed by atoms with Crippen LogP contribution in [-0.4, -0.2) is 17.8 Å². The Kier molecular flexibility index (Phi) is 4.58. The second-order valence-corrected chi connectivity index (χ2v) is 4.91. The van der Waals surface area contributed by atoms with Gasteiger partial charge in [0.1, 0.15) is 12.4 Å². The zero-order valence-corrected chi connectivity index (χ0v) is 11.5. The Morgan fingerprint density at radius 2 is 1.74 bits per heavy atom. The van der Waals surface area contributed by atoms with Gasteiger partial charge in [0, 0.05) is 0 Å². The molecule has 2 aromatic rings. The molecule has 100 valence electrons. The number of aliphatic hydroxyl groups is 1. The van der Waals surface area contributed by atoms with Gasteiger partial charge in [0.2, 0.25) is 0 Å². The summed E-state index contributed by atoms with van der Waals surface area (Å²) < 4.78 is 5.45. The van der Waals surface area contributed by atoms with Crippen LogP contribution < -0.4 is 4.74 Å². The van der Waals surface area contributed by atoms with Gasteiger partial charge in [-0.2, -0.15) is 0 Å². The van der Waals surface area contributed by atoms with E-state index in [4.69, 9.17) is 9.84 Å². The largest absolute Gasteiger partial charge is 0.491 e. The van der Waals surface area contributed by atoms with Crippen molar-refractivity contribution in [3.63, 3.8) is 0 Å². The first-order valence-electron chi connectivity index (χ1n) is 6.59. The second kappa shape index (κ2) is 6.39. The Morgan fingerprint density at radius 1 is 1.05 bits per heavy atom. The molecule has 2 nitrogen and oxygen atoms in total. The molecule has 0 bridgehead atoms. The van der Waals surface area contributed by atoms with E-state index in [0.29, 0.717) is 6.61 Å². The van der Waals surface area contributed by atoms with Crippen molar-refractivity contribution in [1.82, 2.24) is 0 Å². The highest BCUT2D eigenvalue weighted by Gasteiger charge is 2.01. The Morgan fingerprint density at radius 3 is 2.37 bits per heavy atom. The lowest BCUT2D eigenvalue weighted by atomic mass is 10.0. The van der Waals surface area contributed by atoms with E-state index in [1.807, 2.05) is 12.1 Å². The van der Waals surface area contributed by atoms with Crippen molar-refractivity contribution in [3.05, 3.63) is 65.2 Å². The highest BCUT2D eigenvalue weighted by molar-refractivity contribution is 5.34. The molecule has 0 aliphatic rings. The molecule has 0 amide bonds. The summed E-state index contributed by atoms with van der Waals surface area (Å²) in [6.45, 7) is 4.18. The number of aliphatic hydroxyl groups excluding tert-OH is 1. The molecule has 0 spiro atoms. The minimum Gasteiger partial charge on any atom is -0.491 e. The lowest BCUT2D eigenvalue weighted by Gasteiger charge is -2.09. The molecule has 0 saturated heterocycles. The molecule has 19 heavy (non-hydrogen) atoms. The summed E-state index contributed by atoms with van der Waals surface area (Å²) in [7, 11) is 0. The van der Waals surface area contributed by atoms with E-state index in [-0.39, 0.29) is 0 Å². The summed E-state index contributed by atoms with van der Waals surface area (Å²) in [4.78, 5) is 0. The normalized spacial score (nSPS) is 12.2. The average Bonchev–Trinajstić information content (AvgIpc) is 2.40. The number of hydrogen-bond donors (Lipinski definition) is 1. The molecule has 0 radical (unpaired) electrons. The third-order valence-corrected chi connectivity index (χ3v) is 3.07. The van der Waals surface area contributed by atoms with Gasteiger partial charge in [-0.1, -0.05) is 36.4 Å². The lowest BCUT2D eigenvalue weighted by Crippen LogP contribution is -2.12. The number of benzene rings is 2. The molecule has 0 aliphatic carbocycles.